The van der Waals surface area contributed by atoms with Crippen molar-refractivity contribution in [2.24, 2.45) is 0 Å². The van der Waals surface area contributed by atoms with E-state index in [2.05, 4.69) is 4.90 Å². The standard InChI is InChI=1S/C16H22N2O2/c19-15-6-4-5-13(11-15)16(20)18-10-7-14(12-18)17-8-2-1-3-9-17/h4-6,11,14,19H,1-3,7-10,12H2. The summed E-state index contributed by atoms with van der Waals surface area (Å²) in [5.41, 5.74) is 0.587. The third kappa shape index (κ3) is 2.80. The molecule has 4 nitrogen and oxygen atoms in total. The third-order valence-corrected chi connectivity index (χ3v) is 4.45. The van der Waals surface area contributed by atoms with Crippen molar-refractivity contribution in [3.63, 3.8) is 0 Å². The van der Waals surface area contributed by atoms with Crippen LogP contribution in [0.25, 0.3) is 0 Å². The predicted molar refractivity (Wildman–Crippen MR) is 77.8 cm³/mol. The zero-order chi connectivity index (χ0) is 13.9. The fourth-order valence-corrected chi connectivity index (χ4v) is 3.33. The molecule has 1 unspecified atom stereocenters. The van der Waals surface area contributed by atoms with Crippen molar-refractivity contribution in [3.05, 3.63) is 29.8 Å². The molecule has 1 amide bonds. The number of amides is 1. The molecule has 2 aliphatic heterocycles. The van der Waals surface area contributed by atoms with Crippen LogP contribution in [0.15, 0.2) is 24.3 Å². The zero-order valence-corrected chi connectivity index (χ0v) is 11.8. The van der Waals surface area contributed by atoms with E-state index in [4.69, 9.17) is 0 Å². The second kappa shape index (κ2) is 5.83. The van der Waals surface area contributed by atoms with E-state index in [1.807, 2.05) is 4.90 Å². The quantitative estimate of drug-likeness (QED) is 0.898. The fourth-order valence-electron chi connectivity index (χ4n) is 3.33. The van der Waals surface area contributed by atoms with Crippen LogP contribution >= 0.6 is 0 Å². The Labute approximate surface area is 120 Å². The molecule has 0 spiro atoms. The smallest absolute Gasteiger partial charge is 0.254 e. The highest BCUT2D eigenvalue weighted by atomic mass is 16.3. The maximum atomic E-state index is 12.4. The molecule has 2 aliphatic rings. The van der Waals surface area contributed by atoms with Crippen molar-refractivity contribution < 1.29 is 9.90 Å². The number of hydrogen-bond acceptors (Lipinski definition) is 3. The molecule has 1 atom stereocenters. The van der Waals surface area contributed by atoms with Gasteiger partial charge < -0.3 is 10.0 Å². The van der Waals surface area contributed by atoms with Crippen LogP contribution in [0.5, 0.6) is 5.75 Å². The summed E-state index contributed by atoms with van der Waals surface area (Å²) in [5, 5.41) is 9.48. The van der Waals surface area contributed by atoms with Crippen molar-refractivity contribution >= 4 is 5.91 Å². The molecular weight excluding hydrogens is 252 g/mol. The van der Waals surface area contributed by atoms with Crippen LogP contribution in [-0.4, -0.2) is 53.0 Å². The highest BCUT2D eigenvalue weighted by molar-refractivity contribution is 5.94. The van der Waals surface area contributed by atoms with Gasteiger partial charge in [-0.2, -0.15) is 0 Å². The number of hydrogen-bond donors (Lipinski definition) is 1. The summed E-state index contributed by atoms with van der Waals surface area (Å²) in [5.74, 6) is 0.197. The molecule has 2 heterocycles. The van der Waals surface area contributed by atoms with Gasteiger partial charge in [0.15, 0.2) is 0 Å². The molecule has 20 heavy (non-hydrogen) atoms. The Morgan fingerprint density at radius 2 is 1.95 bits per heavy atom. The second-order valence-corrected chi connectivity index (χ2v) is 5.84. The second-order valence-electron chi connectivity index (χ2n) is 5.84. The zero-order valence-electron chi connectivity index (χ0n) is 11.8. The van der Waals surface area contributed by atoms with Gasteiger partial charge in [0.1, 0.15) is 5.75 Å². The minimum absolute atomic E-state index is 0.0420. The fraction of sp³-hybridized carbons (Fsp3) is 0.562. The topological polar surface area (TPSA) is 43.8 Å². The first-order chi connectivity index (χ1) is 9.74. The maximum Gasteiger partial charge on any atom is 0.254 e. The average Bonchev–Trinajstić information content (AvgIpc) is 2.97. The molecule has 1 aromatic rings. The Kier molecular flexibility index (Phi) is 3.92. The Morgan fingerprint density at radius 1 is 1.15 bits per heavy atom. The van der Waals surface area contributed by atoms with Gasteiger partial charge in [0.2, 0.25) is 0 Å². The van der Waals surface area contributed by atoms with Crippen molar-refractivity contribution in [2.75, 3.05) is 26.2 Å². The van der Waals surface area contributed by atoms with Gasteiger partial charge in [0, 0.05) is 24.7 Å². The summed E-state index contributed by atoms with van der Waals surface area (Å²) in [6.45, 7) is 4.02. The monoisotopic (exact) mass is 274 g/mol. The number of carbonyl (C=O) groups is 1. The molecule has 108 valence electrons. The Balaban J connectivity index is 1.63. The normalized spacial score (nSPS) is 24.0. The highest BCUT2D eigenvalue weighted by Gasteiger charge is 2.31. The van der Waals surface area contributed by atoms with Crippen LogP contribution in [0.4, 0.5) is 0 Å². The number of phenolic OH excluding ortho intramolecular Hbond substituents is 1. The van der Waals surface area contributed by atoms with Gasteiger partial charge in [-0.25, -0.2) is 0 Å². The van der Waals surface area contributed by atoms with Crippen molar-refractivity contribution in [1.29, 1.82) is 0 Å². The molecule has 1 N–H and O–H groups in total. The van der Waals surface area contributed by atoms with Crippen LogP contribution in [0.3, 0.4) is 0 Å². The first-order valence-electron chi connectivity index (χ1n) is 7.56. The summed E-state index contributed by atoms with van der Waals surface area (Å²) in [4.78, 5) is 16.9. The molecule has 2 saturated heterocycles. The molecule has 0 aromatic heterocycles. The van der Waals surface area contributed by atoms with E-state index in [-0.39, 0.29) is 11.7 Å². The van der Waals surface area contributed by atoms with Crippen LogP contribution in [0.1, 0.15) is 36.0 Å². The SMILES string of the molecule is O=C(c1cccc(O)c1)N1CCC(N2CCCCC2)C1. The minimum Gasteiger partial charge on any atom is -0.508 e. The number of benzene rings is 1. The van der Waals surface area contributed by atoms with Gasteiger partial charge in [0.25, 0.3) is 5.91 Å². The van der Waals surface area contributed by atoms with E-state index in [1.54, 1.807) is 24.3 Å². The Bertz CT molecular complexity index is 483. The molecule has 2 fully saturated rings. The first kappa shape index (κ1) is 13.4. The van der Waals surface area contributed by atoms with Gasteiger partial charge in [-0.05, 0) is 50.6 Å². The van der Waals surface area contributed by atoms with Gasteiger partial charge in [-0.15, -0.1) is 0 Å². The number of carbonyl (C=O) groups excluding carboxylic acids is 1. The molecule has 0 aliphatic carbocycles. The molecule has 0 radical (unpaired) electrons. The van der Waals surface area contributed by atoms with Crippen LogP contribution < -0.4 is 0 Å². The minimum atomic E-state index is 0.0420. The van der Waals surface area contributed by atoms with Crippen molar-refractivity contribution in [1.82, 2.24) is 9.80 Å². The van der Waals surface area contributed by atoms with E-state index in [1.165, 1.54) is 32.4 Å². The van der Waals surface area contributed by atoms with Crippen LogP contribution in [-0.2, 0) is 0 Å². The molecule has 1 aromatic carbocycles. The van der Waals surface area contributed by atoms with Gasteiger partial charge >= 0.3 is 0 Å². The molecule has 0 bridgehead atoms. The van der Waals surface area contributed by atoms with Crippen LogP contribution in [0.2, 0.25) is 0 Å². The summed E-state index contributed by atoms with van der Waals surface area (Å²) < 4.78 is 0. The van der Waals surface area contributed by atoms with Crippen molar-refractivity contribution in [3.8, 4) is 5.75 Å². The van der Waals surface area contributed by atoms with E-state index in [0.29, 0.717) is 11.6 Å². The summed E-state index contributed by atoms with van der Waals surface area (Å²) in [7, 11) is 0. The number of likely N-dealkylation sites (tertiary alicyclic amines) is 2. The number of aromatic hydroxyl groups is 1. The van der Waals surface area contributed by atoms with E-state index in [0.717, 1.165) is 19.5 Å². The summed E-state index contributed by atoms with van der Waals surface area (Å²) in [6, 6.07) is 7.17. The number of phenols is 1. The van der Waals surface area contributed by atoms with Crippen molar-refractivity contribution in [2.45, 2.75) is 31.7 Å². The Morgan fingerprint density at radius 3 is 2.70 bits per heavy atom. The lowest BCUT2D eigenvalue weighted by atomic mass is 10.1. The van der Waals surface area contributed by atoms with E-state index >= 15 is 0 Å². The molecule has 4 heteroatoms. The average molecular weight is 274 g/mol. The van der Waals surface area contributed by atoms with Crippen LogP contribution in [0, 0.1) is 0 Å². The largest absolute Gasteiger partial charge is 0.508 e. The number of rotatable bonds is 2. The summed E-state index contributed by atoms with van der Waals surface area (Å²) in [6.07, 6.45) is 4.99. The van der Waals surface area contributed by atoms with E-state index < -0.39 is 0 Å². The van der Waals surface area contributed by atoms with Gasteiger partial charge in [-0.3, -0.25) is 9.69 Å². The predicted octanol–water partition coefficient (Wildman–Crippen LogP) is 2.09. The molecule has 0 saturated carbocycles. The lowest BCUT2D eigenvalue weighted by Gasteiger charge is -2.32. The number of piperidine rings is 1. The maximum absolute atomic E-state index is 12.4. The lowest BCUT2D eigenvalue weighted by Crippen LogP contribution is -2.41. The first-order valence-corrected chi connectivity index (χ1v) is 7.56. The Hall–Kier alpha value is -1.55. The summed E-state index contributed by atoms with van der Waals surface area (Å²) >= 11 is 0. The highest BCUT2D eigenvalue weighted by Crippen LogP contribution is 2.22. The van der Waals surface area contributed by atoms with E-state index in [9.17, 15) is 9.90 Å². The molecular formula is C16H22N2O2. The van der Waals surface area contributed by atoms with Gasteiger partial charge in [-0.1, -0.05) is 12.5 Å². The molecule has 3 rings (SSSR count). The van der Waals surface area contributed by atoms with Gasteiger partial charge in [0.05, 0.1) is 0 Å². The lowest BCUT2D eigenvalue weighted by molar-refractivity contribution is 0.0771. The number of nitrogens with zero attached hydrogens (tertiary/aromatic N) is 2. The third-order valence-electron chi connectivity index (χ3n) is 4.45.